The molecule has 1 heterocycles. The van der Waals surface area contributed by atoms with E-state index in [2.05, 4.69) is 5.32 Å². The zero-order valence-corrected chi connectivity index (χ0v) is 18.8. The Kier molecular flexibility index (Phi) is 7.17. The van der Waals surface area contributed by atoms with E-state index in [1.54, 1.807) is 12.1 Å². The van der Waals surface area contributed by atoms with Crippen molar-refractivity contribution in [1.29, 1.82) is 0 Å². The summed E-state index contributed by atoms with van der Waals surface area (Å²) in [6.07, 6.45) is 1.46. The van der Waals surface area contributed by atoms with Crippen LogP contribution >= 0.6 is 0 Å². The van der Waals surface area contributed by atoms with E-state index in [4.69, 9.17) is 14.2 Å². The average Bonchev–Trinajstić information content (AvgIpc) is 3.05. The molecule has 0 spiro atoms. The number of carbonyl (C=O) groups excluding carboxylic acids is 2. The number of imide groups is 1. The lowest BCUT2D eigenvalue weighted by Crippen LogP contribution is -2.33. The molecule has 1 aliphatic heterocycles. The van der Waals surface area contributed by atoms with Gasteiger partial charge < -0.3 is 19.5 Å². The van der Waals surface area contributed by atoms with Crippen LogP contribution in [-0.4, -0.2) is 49.5 Å². The van der Waals surface area contributed by atoms with E-state index in [1.165, 1.54) is 50.5 Å². The van der Waals surface area contributed by atoms with Crippen molar-refractivity contribution in [3.63, 3.8) is 0 Å². The van der Waals surface area contributed by atoms with Gasteiger partial charge in [-0.05, 0) is 24.1 Å². The number of methoxy groups -OCH3 is 3. The zero-order chi connectivity index (χ0) is 24.1. The third kappa shape index (κ3) is 4.59. The molecule has 0 aromatic heterocycles. The Labute approximate surface area is 190 Å². The van der Waals surface area contributed by atoms with Gasteiger partial charge in [0.2, 0.25) is 5.75 Å². The van der Waals surface area contributed by atoms with E-state index in [0.717, 1.165) is 6.42 Å². The maximum absolute atomic E-state index is 13.2. The number of amides is 2. The van der Waals surface area contributed by atoms with Crippen molar-refractivity contribution >= 4 is 28.8 Å². The van der Waals surface area contributed by atoms with E-state index in [-0.39, 0.29) is 23.5 Å². The summed E-state index contributed by atoms with van der Waals surface area (Å²) in [4.78, 5) is 38.1. The first-order valence-electron chi connectivity index (χ1n) is 10.3. The van der Waals surface area contributed by atoms with Gasteiger partial charge in [-0.25, -0.2) is 0 Å². The third-order valence-corrected chi connectivity index (χ3v) is 5.20. The quantitative estimate of drug-likeness (QED) is 0.328. The molecule has 10 heteroatoms. The topological polar surface area (TPSA) is 120 Å². The van der Waals surface area contributed by atoms with E-state index < -0.39 is 16.7 Å². The number of non-ortho nitro benzene ring substituents is 1. The predicted octanol–water partition coefficient (Wildman–Crippen LogP) is 3.61. The van der Waals surface area contributed by atoms with Crippen molar-refractivity contribution in [2.45, 2.75) is 19.8 Å². The summed E-state index contributed by atoms with van der Waals surface area (Å²) in [5, 5.41) is 14.0. The molecule has 0 saturated heterocycles. The summed E-state index contributed by atoms with van der Waals surface area (Å²) in [6, 6.07) is 8.75. The number of anilines is 1. The molecule has 1 aliphatic rings. The highest BCUT2D eigenvalue weighted by Crippen LogP contribution is 2.41. The van der Waals surface area contributed by atoms with Gasteiger partial charge in [0.05, 0.1) is 31.8 Å². The van der Waals surface area contributed by atoms with Crippen LogP contribution in [0.3, 0.4) is 0 Å². The second-order valence-corrected chi connectivity index (χ2v) is 7.21. The van der Waals surface area contributed by atoms with Crippen LogP contribution in [0.2, 0.25) is 0 Å². The molecule has 174 valence electrons. The number of nitro groups is 1. The maximum atomic E-state index is 13.2. The molecule has 2 amide bonds. The molecule has 33 heavy (non-hydrogen) atoms. The van der Waals surface area contributed by atoms with Crippen molar-refractivity contribution in [3.8, 4) is 17.2 Å². The minimum atomic E-state index is -0.525. The van der Waals surface area contributed by atoms with Gasteiger partial charge >= 0.3 is 0 Å². The minimum Gasteiger partial charge on any atom is -0.493 e. The standard InChI is InChI=1S/C23H25N3O7/c1-5-6-11-25-22(27)19(14-7-9-16(10-8-14)26(29)30)20(23(25)28)24-15-12-17(31-2)21(33-4)18(13-15)32-3/h7-10,12-13,24H,5-6,11H2,1-4H3. The van der Waals surface area contributed by atoms with Crippen LogP contribution in [-0.2, 0) is 9.59 Å². The Balaban J connectivity index is 2.10. The summed E-state index contributed by atoms with van der Waals surface area (Å²) in [5.41, 5.74) is 0.933. The number of hydrogen-bond acceptors (Lipinski definition) is 8. The molecule has 2 aromatic carbocycles. The van der Waals surface area contributed by atoms with Crippen LogP contribution in [0.1, 0.15) is 25.3 Å². The molecule has 0 radical (unpaired) electrons. The SMILES string of the molecule is CCCCN1C(=O)C(Nc2cc(OC)c(OC)c(OC)c2)=C(c2ccc([N+](=O)[O-])cc2)C1=O. The number of unbranched alkanes of at least 4 members (excludes halogenated alkanes) is 1. The van der Waals surface area contributed by atoms with Gasteiger partial charge in [-0.15, -0.1) is 0 Å². The number of nitrogens with one attached hydrogen (secondary N) is 1. The molecule has 0 fully saturated rings. The van der Waals surface area contributed by atoms with Crippen molar-refractivity contribution in [3.05, 3.63) is 57.8 Å². The molecule has 0 atom stereocenters. The Morgan fingerprint density at radius 3 is 2.06 bits per heavy atom. The largest absolute Gasteiger partial charge is 0.493 e. The first-order chi connectivity index (χ1) is 15.9. The predicted molar refractivity (Wildman–Crippen MR) is 121 cm³/mol. The van der Waals surface area contributed by atoms with Crippen molar-refractivity contribution in [2.24, 2.45) is 0 Å². The smallest absolute Gasteiger partial charge is 0.278 e. The van der Waals surface area contributed by atoms with Crippen molar-refractivity contribution in [2.75, 3.05) is 33.2 Å². The first-order valence-corrected chi connectivity index (χ1v) is 10.3. The number of hydrogen-bond donors (Lipinski definition) is 1. The molecule has 0 saturated carbocycles. The number of nitrogens with zero attached hydrogens (tertiary/aromatic N) is 2. The number of ether oxygens (including phenoxy) is 3. The number of carbonyl (C=O) groups is 2. The Morgan fingerprint density at radius 1 is 0.970 bits per heavy atom. The Bertz CT molecular complexity index is 1080. The summed E-state index contributed by atoms with van der Waals surface area (Å²) < 4.78 is 16.1. The Morgan fingerprint density at radius 2 is 1.58 bits per heavy atom. The van der Waals surface area contributed by atoms with Crippen LogP contribution in [0.5, 0.6) is 17.2 Å². The van der Waals surface area contributed by atoms with Crippen LogP contribution in [0.25, 0.3) is 5.57 Å². The van der Waals surface area contributed by atoms with Crippen LogP contribution in [0.15, 0.2) is 42.1 Å². The number of rotatable bonds is 10. The fourth-order valence-electron chi connectivity index (χ4n) is 3.53. The highest BCUT2D eigenvalue weighted by Gasteiger charge is 2.39. The maximum Gasteiger partial charge on any atom is 0.278 e. The van der Waals surface area contributed by atoms with Crippen LogP contribution < -0.4 is 19.5 Å². The molecular formula is C23H25N3O7. The van der Waals surface area contributed by atoms with Crippen LogP contribution in [0.4, 0.5) is 11.4 Å². The second-order valence-electron chi connectivity index (χ2n) is 7.21. The number of nitro benzene ring substituents is 1. The van der Waals surface area contributed by atoms with Gasteiger partial charge in [-0.3, -0.25) is 24.6 Å². The lowest BCUT2D eigenvalue weighted by Gasteiger charge is -2.16. The van der Waals surface area contributed by atoms with E-state index in [1.807, 2.05) is 6.92 Å². The van der Waals surface area contributed by atoms with Gasteiger partial charge in [0, 0.05) is 36.5 Å². The summed E-state index contributed by atoms with van der Waals surface area (Å²) in [5.74, 6) is 0.189. The molecule has 0 unspecified atom stereocenters. The van der Waals surface area contributed by atoms with Gasteiger partial charge in [0.1, 0.15) is 5.70 Å². The van der Waals surface area contributed by atoms with Crippen molar-refractivity contribution in [1.82, 2.24) is 4.90 Å². The van der Waals surface area contributed by atoms with E-state index in [0.29, 0.717) is 34.9 Å². The molecule has 3 rings (SSSR count). The Hall–Kier alpha value is -4.08. The van der Waals surface area contributed by atoms with Gasteiger partial charge in [-0.1, -0.05) is 13.3 Å². The lowest BCUT2D eigenvalue weighted by molar-refractivity contribution is -0.384. The van der Waals surface area contributed by atoms with Gasteiger partial charge in [0.15, 0.2) is 11.5 Å². The molecule has 10 nitrogen and oxygen atoms in total. The number of benzene rings is 2. The summed E-state index contributed by atoms with van der Waals surface area (Å²) >= 11 is 0. The van der Waals surface area contributed by atoms with Crippen molar-refractivity contribution < 1.29 is 28.7 Å². The first kappa shape index (κ1) is 23.6. The molecule has 0 aliphatic carbocycles. The average molecular weight is 455 g/mol. The van der Waals surface area contributed by atoms with E-state index >= 15 is 0 Å². The molecule has 0 bridgehead atoms. The summed E-state index contributed by atoms with van der Waals surface area (Å²) in [7, 11) is 4.42. The monoisotopic (exact) mass is 455 g/mol. The van der Waals surface area contributed by atoms with Gasteiger partial charge in [0.25, 0.3) is 17.5 Å². The second kappa shape index (κ2) is 10.0. The highest BCUT2D eigenvalue weighted by atomic mass is 16.6. The van der Waals surface area contributed by atoms with Gasteiger partial charge in [-0.2, -0.15) is 0 Å². The zero-order valence-electron chi connectivity index (χ0n) is 18.8. The normalized spacial score (nSPS) is 13.4. The lowest BCUT2D eigenvalue weighted by atomic mass is 10.0. The highest BCUT2D eigenvalue weighted by molar-refractivity contribution is 6.36. The fraction of sp³-hybridized carbons (Fsp3) is 0.304. The molecular weight excluding hydrogens is 430 g/mol. The van der Waals surface area contributed by atoms with E-state index in [9.17, 15) is 19.7 Å². The van der Waals surface area contributed by atoms with Crippen LogP contribution in [0, 0.1) is 10.1 Å². The molecule has 1 N–H and O–H groups in total. The molecule has 2 aromatic rings. The fourth-order valence-corrected chi connectivity index (χ4v) is 3.53. The minimum absolute atomic E-state index is 0.0687. The summed E-state index contributed by atoms with van der Waals surface area (Å²) in [6.45, 7) is 2.23. The third-order valence-electron chi connectivity index (χ3n) is 5.20.